The Bertz CT molecular complexity index is 1040. The molecule has 6 heteroatoms. The van der Waals surface area contributed by atoms with E-state index in [4.69, 9.17) is 11.6 Å². The molecule has 4 nitrogen and oxygen atoms in total. The zero-order valence-corrected chi connectivity index (χ0v) is 14.7. The Morgan fingerprint density at radius 1 is 0.962 bits per heavy atom. The lowest BCUT2D eigenvalue weighted by atomic mass is 10.1. The number of fused-ring (bicyclic) bond motifs is 1. The van der Waals surface area contributed by atoms with Crippen LogP contribution >= 0.6 is 11.6 Å². The Morgan fingerprint density at radius 3 is 2.69 bits per heavy atom. The average molecular weight is 367 g/mol. The Labute approximate surface area is 155 Å². The predicted octanol–water partition coefficient (Wildman–Crippen LogP) is 4.52. The van der Waals surface area contributed by atoms with Crippen molar-refractivity contribution in [2.45, 2.75) is 19.3 Å². The van der Waals surface area contributed by atoms with Crippen LogP contribution in [0.5, 0.6) is 0 Å². The average Bonchev–Trinajstić information content (AvgIpc) is 3.03. The number of H-pyrrole nitrogens is 1. The van der Waals surface area contributed by atoms with Gasteiger partial charge >= 0.3 is 0 Å². The SMILES string of the molecule is Fc1cncc(CCc2ccc(Cc3c[nH]c4ncc(Cl)cc34)cn2)c1. The minimum atomic E-state index is -0.306. The molecular formula is C20H16ClFN4. The fourth-order valence-corrected chi connectivity index (χ4v) is 3.13. The molecule has 0 saturated carbocycles. The van der Waals surface area contributed by atoms with Gasteiger partial charge in [-0.15, -0.1) is 0 Å². The van der Waals surface area contributed by atoms with E-state index in [1.54, 1.807) is 12.4 Å². The van der Waals surface area contributed by atoms with Crippen molar-refractivity contribution < 1.29 is 4.39 Å². The van der Waals surface area contributed by atoms with Crippen LogP contribution in [0.4, 0.5) is 4.39 Å². The summed E-state index contributed by atoms with van der Waals surface area (Å²) in [4.78, 5) is 15.8. The first-order valence-corrected chi connectivity index (χ1v) is 8.70. The molecule has 4 aromatic heterocycles. The highest BCUT2D eigenvalue weighted by molar-refractivity contribution is 6.31. The maximum Gasteiger partial charge on any atom is 0.141 e. The van der Waals surface area contributed by atoms with E-state index in [-0.39, 0.29) is 5.82 Å². The molecule has 0 aliphatic heterocycles. The summed E-state index contributed by atoms with van der Waals surface area (Å²) in [6, 6.07) is 7.52. The fraction of sp³-hybridized carbons (Fsp3) is 0.150. The van der Waals surface area contributed by atoms with Crippen molar-refractivity contribution >= 4 is 22.6 Å². The molecule has 0 radical (unpaired) electrons. The van der Waals surface area contributed by atoms with Crippen LogP contribution in [-0.4, -0.2) is 19.9 Å². The van der Waals surface area contributed by atoms with E-state index in [0.29, 0.717) is 11.4 Å². The number of aromatic amines is 1. The number of rotatable bonds is 5. The molecule has 0 aromatic carbocycles. The van der Waals surface area contributed by atoms with Gasteiger partial charge in [0.15, 0.2) is 0 Å². The molecular weight excluding hydrogens is 351 g/mol. The number of nitrogens with one attached hydrogen (secondary N) is 1. The number of pyridine rings is 3. The molecule has 0 aliphatic carbocycles. The van der Waals surface area contributed by atoms with Crippen molar-refractivity contribution in [1.82, 2.24) is 19.9 Å². The van der Waals surface area contributed by atoms with Crippen molar-refractivity contribution in [2.75, 3.05) is 0 Å². The van der Waals surface area contributed by atoms with Crippen LogP contribution in [0.3, 0.4) is 0 Å². The third-order valence-corrected chi connectivity index (χ3v) is 4.50. The quantitative estimate of drug-likeness (QED) is 0.565. The standard InChI is InChI=1S/C20H16ClFN4/c21-16-7-19-15(10-25-20(19)26-11-16)5-13-1-3-18(24-9-13)4-2-14-6-17(22)12-23-8-14/h1,3,6-12H,2,4-5H2,(H,25,26). The second kappa shape index (κ2) is 7.22. The lowest BCUT2D eigenvalue weighted by Gasteiger charge is -2.04. The molecule has 0 amide bonds. The number of hydrogen-bond donors (Lipinski definition) is 1. The summed E-state index contributed by atoms with van der Waals surface area (Å²) in [5.74, 6) is -0.306. The smallest absolute Gasteiger partial charge is 0.141 e. The van der Waals surface area contributed by atoms with Crippen molar-refractivity contribution in [3.05, 3.63) is 88.5 Å². The highest BCUT2D eigenvalue weighted by atomic mass is 35.5. The molecule has 4 heterocycles. The highest BCUT2D eigenvalue weighted by Gasteiger charge is 2.07. The van der Waals surface area contributed by atoms with Crippen LogP contribution in [-0.2, 0) is 19.3 Å². The number of aryl methyl sites for hydroxylation is 2. The normalized spacial score (nSPS) is 11.2. The van der Waals surface area contributed by atoms with Crippen molar-refractivity contribution in [3.8, 4) is 0 Å². The van der Waals surface area contributed by atoms with Gasteiger partial charge in [-0.3, -0.25) is 9.97 Å². The lowest BCUT2D eigenvalue weighted by molar-refractivity contribution is 0.618. The monoisotopic (exact) mass is 366 g/mol. The topological polar surface area (TPSA) is 54.5 Å². The third-order valence-electron chi connectivity index (χ3n) is 4.30. The van der Waals surface area contributed by atoms with Gasteiger partial charge in [-0.05, 0) is 47.7 Å². The van der Waals surface area contributed by atoms with Crippen molar-refractivity contribution in [3.63, 3.8) is 0 Å². The van der Waals surface area contributed by atoms with E-state index in [1.165, 1.54) is 12.3 Å². The van der Waals surface area contributed by atoms with Gasteiger partial charge in [0, 0.05) is 42.3 Å². The zero-order chi connectivity index (χ0) is 17.9. The van der Waals surface area contributed by atoms with Crippen LogP contribution in [0.25, 0.3) is 11.0 Å². The van der Waals surface area contributed by atoms with Gasteiger partial charge < -0.3 is 4.98 Å². The van der Waals surface area contributed by atoms with Crippen LogP contribution in [0.2, 0.25) is 5.02 Å². The maximum atomic E-state index is 13.2. The van der Waals surface area contributed by atoms with Gasteiger partial charge in [-0.2, -0.15) is 0 Å². The summed E-state index contributed by atoms with van der Waals surface area (Å²) in [6.07, 6.45) is 10.6. The summed E-state index contributed by atoms with van der Waals surface area (Å²) in [5, 5.41) is 1.65. The Kier molecular flexibility index (Phi) is 4.63. The molecule has 0 fully saturated rings. The zero-order valence-electron chi connectivity index (χ0n) is 13.9. The van der Waals surface area contributed by atoms with Gasteiger partial charge in [0.1, 0.15) is 11.5 Å². The molecule has 4 aromatic rings. The van der Waals surface area contributed by atoms with Crippen LogP contribution in [0.1, 0.15) is 22.4 Å². The van der Waals surface area contributed by atoms with Crippen molar-refractivity contribution in [1.29, 1.82) is 0 Å². The van der Waals surface area contributed by atoms with Crippen molar-refractivity contribution in [2.24, 2.45) is 0 Å². The van der Waals surface area contributed by atoms with Gasteiger partial charge in [-0.1, -0.05) is 17.7 Å². The molecule has 0 atom stereocenters. The molecule has 1 N–H and O–H groups in total. The van der Waals surface area contributed by atoms with E-state index in [0.717, 1.165) is 46.3 Å². The molecule has 0 unspecified atom stereocenters. The second-order valence-electron chi connectivity index (χ2n) is 6.21. The molecule has 26 heavy (non-hydrogen) atoms. The van der Waals surface area contributed by atoms with E-state index in [1.807, 2.05) is 24.5 Å². The minimum absolute atomic E-state index is 0.306. The van der Waals surface area contributed by atoms with Gasteiger partial charge in [0.25, 0.3) is 0 Å². The molecule has 0 saturated heterocycles. The number of hydrogen-bond acceptors (Lipinski definition) is 3. The highest BCUT2D eigenvalue weighted by Crippen LogP contribution is 2.22. The van der Waals surface area contributed by atoms with Crippen LogP contribution < -0.4 is 0 Å². The molecule has 0 bridgehead atoms. The molecule has 0 spiro atoms. The summed E-state index contributed by atoms with van der Waals surface area (Å²) < 4.78 is 13.2. The van der Waals surface area contributed by atoms with E-state index >= 15 is 0 Å². The third kappa shape index (κ3) is 3.73. The first kappa shape index (κ1) is 16.7. The Morgan fingerprint density at radius 2 is 1.88 bits per heavy atom. The van der Waals surface area contributed by atoms with Gasteiger partial charge in [0.2, 0.25) is 0 Å². The second-order valence-corrected chi connectivity index (χ2v) is 6.65. The number of halogens is 2. The molecule has 130 valence electrons. The van der Waals surface area contributed by atoms with Gasteiger partial charge in [-0.25, -0.2) is 9.37 Å². The van der Waals surface area contributed by atoms with Gasteiger partial charge in [0.05, 0.1) is 11.2 Å². The Hall–Kier alpha value is -2.79. The Balaban J connectivity index is 1.44. The predicted molar refractivity (Wildman–Crippen MR) is 99.7 cm³/mol. The first-order chi connectivity index (χ1) is 12.7. The van der Waals surface area contributed by atoms with E-state index < -0.39 is 0 Å². The lowest BCUT2D eigenvalue weighted by Crippen LogP contribution is -1.97. The van der Waals surface area contributed by atoms with Crippen LogP contribution in [0.15, 0.2) is 55.2 Å². The molecule has 0 aliphatic rings. The maximum absolute atomic E-state index is 13.2. The largest absolute Gasteiger partial charge is 0.346 e. The summed E-state index contributed by atoms with van der Waals surface area (Å²) in [6.45, 7) is 0. The summed E-state index contributed by atoms with van der Waals surface area (Å²) in [5.41, 5.74) is 4.93. The molecule has 4 rings (SSSR count). The van der Waals surface area contributed by atoms with Crippen LogP contribution in [0, 0.1) is 5.82 Å². The minimum Gasteiger partial charge on any atom is -0.346 e. The number of aromatic nitrogens is 4. The summed E-state index contributed by atoms with van der Waals surface area (Å²) >= 11 is 6.05. The first-order valence-electron chi connectivity index (χ1n) is 8.32. The fourth-order valence-electron chi connectivity index (χ4n) is 2.97. The number of nitrogens with zero attached hydrogens (tertiary/aromatic N) is 3. The summed E-state index contributed by atoms with van der Waals surface area (Å²) in [7, 11) is 0. The van der Waals surface area contributed by atoms with E-state index in [9.17, 15) is 4.39 Å². The van der Waals surface area contributed by atoms with E-state index in [2.05, 4.69) is 26.0 Å².